The summed E-state index contributed by atoms with van der Waals surface area (Å²) < 4.78 is 0. The zero-order chi connectivity index (χ0) is 73.6. The maximum absolute atomic E-state index is 3.06. The van der Waals surface area contributed by atoms with Crippen molar-refractivity contribution < 1.29 is 0 Å². The van der Waals surface area contributed by atoms with Crippen LogP contribution in [-0.2, 0) is 21.7 Å². The van der Waals surface area contributed by atoms with E-state index in [9.17, 15) is 0 Å². The van der Waals surface area contributed by atoms with E-state index in [0.29, 0.717) is 0 Å². The third kappa shape index (κ3) is 19.7. The van der Waals surface area contributed by atoms with Crippen LogP contribution in [0, 0.1) is 0 Å². The SMILES string of the molecule is CC(C)(C)c1ccc(C=Cc2ccc(C=Cc3ccc([Si](c4ccc(C=Cc5ccc(C=Cc6ccc(C(C)(C)C)cc6)cc5)cc4)(c4ccc(C=Cc5ccc(C=Cc6ccc(C(C)(C)C)cc6)cc5)cc4)c4ccc(C=Cc5ccc(C=Cc6ccc(C(C)(C)C)cc6)cc5)cc4)cc3)cc2)cc1. The Bertz CT molecular complexity index is 4410. The average molecular weight is 1380 g/mol. The van der Waals surface area contributed by atoms with Crippen LogP contribution in [0.5, 0.6) is 0 Å². The Morgan fingerprint density at radius 1 is 0.133 bits per heavy atom. The van der Waals surface area contributed by atoms with Crippen molar-refractivity contribution in [2.75, 3.05) is 0 Å². The third-order valence-corrected chi connectivity index (χ3v) is 24.8. The first-order valence-corrected chi connectivity index (χ1v) is 39.1. The summed E-state index contributed by atoms with van der Waals surface area (Å²) in [7, 11) is -3.06. The fourth-order valence-electron chi connectivity index (χ4n) is 13.2. The Balaban J connectivity index is 0.854. The van der Waals surface area contributed by atoms with Gasteiger partial charge in [0.2, 0.25) is 0 Å². The minimum absolute atomic E-state index is 0.129. The Kier molecular flexibility index (Phi) is 22.8. The Morgan fingerprint density at radius 2 is 0.219 bits per heavy atom. The molecule has 0 saturated heterocycles. The molecule has 1 heteroatoms. The van der Waals surface area contributed by atoms with Crippen molar-refractivity contribution in [1.29, 1.82) is 0 Å². The van der Waals surface area contributed by atoms with E-state index in [1.165, 1.54) is 87.5 Å². The van der Waals surface area contributed by atoms with E-state index in [1.54, 1.807) is 0 Å². The lowest BCUT2D eigenvalue weighted by Gasteiger charge is -2.35. The standard InChI is InChI=1S/C104H100Si/c1-101(2,3)93-61-45-85(46-62-93)37-29-77-13-21-81(22-14-77)33-41-89-53-69-97(70-54-89)105(98-71-55-90(56-72-98)42-34-82-23-15-78(16-24-82)30-38-86-47-63-94(64-48-86)102(4,5)6,99-73-57-91(58-74-99)43-35-83-25-17-79(18-26-83)31-39-87-49-65-95(66-50-87)103(7,8)9)100-75-59-92(60-76-100)44-36-84-27-19-80(20-28-84)32-40-88-51-67-96(68-52-88)104(10,11)12/h13-76H,1-12H3. The van der Waals surface area contributed by atoms with Crippen molar-refractivity contribution in [3.63, 3.8) is 0 Å². The second-order valence-electron chi connectivity index (χ2n) is 32.1. The van der Waals surface area contributed by atoms with Crippen LogP contribution in [0.15, 0.2) is 291 Å². The highest BCUT2D eigenvalue weighted by atomic mass is 28.3. The van der Waals surface area contributed by atoms with Crippen LogP contribution in [-0.4, -0.2) is 8.07 Å². The van der Waals surface area contributed by atoms with Crippen molar-refractivity contribution in [2.24, 2.45) is 0 Å². The zero-order valence-corrected chi connectivity index (χ0v) is 64.5. The van der Waals surface area contributed by atoms with Gasteiger partial charge in [-0.2, -0.15) is 0 Å². The second-order valence-corrected chi connectivity index (χ2v) is 35.9. The first kappa shape index (κ1) is 73.5. The van der Waals surface area contributed by atoms with Crippen LogP contribution in [0.3, 0.4) is 0 Å². The molecule has 0 aromatic heterocycles. The van der Waals surface area contributed by atoms with Gasteiger partial charge in [-0.3, -0.25) is 0 Å². The molecular weight excluding hydrogens is 1280 g/mol. The number of benzene rings is 12. The Morgan fingerprint density at radius 3 is 0.314 bits per heavy atom. The van der Waals surface area contributed by atoms with Gasteiger partial charge in [-0.1, -0.05) is 471 Å². The molecule has 0 unspecified atom stereocenters. The fourth-order valence-corrected chi connectivity index (χ4v) is 17.8. The molecule has 0 spiro atoms. The van der Waals surface area contributed by atoms with Gasteiger partial charge in [-0.15, -0.1) is 0 Å². The van der Waals surface area contributed by atoms with Gasteiger partial charge >= 0.3 is 0 Å². The molecule has 0 bridgehead atoms. The van der Waals surface area contributed by atoms with Gasteiger partial charge in [0.05, 0.1) is 0 Å². The maximum Gasteiger partial charge on any atom is 0.179 e. The molecule has 0 amide bonds. The van der Waals surface area contributed by atoms with E-state index in [1.807, 2.05) is 0 Å². The minimum Gasteiger partial charge on any atom is -0.0613 e. The average Bonchev–Trinajstić information content (AvgIpc) is 0.731. The highest BCUT2D eigenvalue weighted by molar-refractivity contribution is 7.19. The molecular formula is C104H100Si. The molecule has 0 nitrogen and oxygen atoms in total. The maximum atomic E-state index is 2.40. The van der Waals surface area contributed by atoms with Gasteiger partial charge in [0.25, 0.3) is 0 Å². The van der Waals surface area contributed by atoms with Gasteiger partial charge in [-0.05, 0) is 154 Å². The normalized spacial score (nSPS) is 13.3. The topological polar surface area (TPSA) is 0 Å². The first-order chi connectivity index (χ1) is 50.4. The van der Waals surface area contributed by atoms with E-state index in [2.05, 4.69) is 471 Å². The van der Waals surface area contributed by atoms with E-state index in [4.69, 9.17) is 0 Å². The molecule has 12 aromatic rings. The van der Waals surface area contributed by atoms with Crippen molar-refractivity contribution in [3.8, 4) is 0 Å². The highest BCUT2D eigenvalue weighted by Crippen LogP contribution is 2.28. The highest BCUT2D eigenvalue weighted by Gasteiger charge is 2.41. The molecule has 0 N–H and O–H groups in total. The predicted molar refractivity (Wildman–Crippen MR) is 468 cm³/mol. The van der Waals surface area contributed by atoms with Crippen LogP contribution in [0.25, 0.3) is 97.2 Å². The zero-order valence-electron chi connectivity index (χ0n) is 63.5. The monoisotopic (exact) mass is 1380 g/mol. The van der Waals surface area contributed by atoms with Crippen molar-refractivity contribution in [1.82, 2.24) is 0 Å². The number of rotatable bonds is 20. The molecule has 0 aliphatic heterocycles. The molecule has 105 heavy (non-hydrogen) atoms. The van der Waals surface area contributed by atoms with Crippen molar-refractivity contribution >= 4 is 126 Å². The summed E-state index contributed by atoms with van der Waals surface area (Å²) in [5.74, 6) is 0. The first-order valence-electron chi connectivity index (χ1n) is 37.1. The van der Waals surface area contributed by atoms with Crippen molar-refractivity contribution in [3.05, 3.63) is 402 Å². The van der Waals surface area contributed by atoms with Crippen LogP contribution >= 0.6 is 0 Å². The molecule has 0 heterocycles. The largest absolute Gasteiger partial charge is 0.179 e. The van der Waals surface area contributed by atoms with E-state index >= 15 is 0 Å². The smallest absolute Gasteiger partial charge is 0.0613 e. The van der Waals surface area contributed by atoms with Crippen LogP contribution in [0.4, 0.5) is 0 Å². The molecule has 0 aliphatic rings. The minimum atomic E-state index is -3.06. The summed E-state index contributed by atoms with van der Waals surface area (Å²) in [5, 5.41) is 5.23. The molecule has 0 saturated carbocycles. The summed E-state index contributed by atoms with van der Waals surface area (Å²) in [6.45, 7) is 27.1. The summed E-state index contributed by atoms with van der Waals surface area (Å²) >= 11 is 0. The van der Waals surface area contributed by atoms with Gasteiger partial charge < -0.3 is 0 Å². The second kappa shape index (κ2) is 32.6. The van der Waals surface area contributed by atoms with Gasteiger partial charge in [0.1, 0.15) is 0 Å². The summed E-state index contributed by atoms with van der Waals surface area (Å²) in [6.07, 6.45) is 35.4. The predicted octanol–water partition coefficient (Wildman–Crippen LogP) is 25.6. The third-order valence-electron chi connectivity index (χ3n) is 20.0. The van der Waals surface area contributed by atoms with Gasteiger partial charge in [0, 0.05) is 0 Å². The summed E-state index contributed by atoms with van der Waals surface area (Å²) in [6, 6.07) is 108. The molecule has 0 aliphatic carbocycles. The van der Waals surface area contributed by atoms with Crippen LogP contribution in [0.2, 0.25) is 0 Å². The molecule has 0 atom stereocenters. The lowest BCUT2D eigenvalue weighted by molar-refractivity contribution is 0.590. The number of hydrogen-bond acceptors (Lipinski definition) is 0. The summed E-state index contributed by atoms with van der Waals surface area (Å²) in [4.78, 5) is 0. The van der Waals surface area contributed by atoms with E-state index in [0.717, 1.165) is 44.5 Å². The Hall–Kier alpha value is -11.2. The van der Waals surface area contributed by atoms with Gasteiger partial charge in [-0.25, -0.2) is 0 Å². The Labute approximate surface area is 629 Å². The van der Waals surface area contributed by atoms with Crippen LogP contribution in [0.1, 0.15) is 194 Å². The van der Waals surface area contributed by atoms with Crippen LogP contribution < -0.4 is 20.7 Å². The number of hydrogen-bond donors (Lipinski definition) is 0. The molecule has 0 fully saturated rings. The van der Waals surface area contributed by atoms with E-state index < -0.39 is 8.07 Å². The van der Waals surface area contributed by atoms with E-state index in [-0.39, 0.29) is 21.7 Å². The van der Waals surface area contributed by atoms with Crippen molar-refractivity contribution in [2.45, 2.75) is 105 Å². The lowest BCUT2D eigenvalue weighted by Crippen LogP contribution is -2.74. The molecule has 12 aromatic carbocycles. The molecule has 0 radical (unpaired) electrons. The molecule has 12 rings (SSSR count). The quantitative estimate of drug-likeness (QED) is 0.0405. The summed E-state index contributed by atoms with van der Waals surface area (Å²) in [5.41, 5.74) is 24.5. The lowest BCUT2D eigenvalue weighted by atomic mass is 9.86. The van der Waals surface area contributed by atoms with Gasteiger partial charge in [0.15, 0.2) is 8.07 Å². The fraction of sp³-hybridized carbons (Fsp3) is 0.154. The molecule has 520 valence electrons.